The number of aromatic nitrogens is 3. The van der Waals surface area contributed by atoms with Crippen LogP contribution in [-0.2, 0) is 5.41 Å². The molecule has 0 aliphatic carbocycles. The predicted octanol–water partition coefficient (Wildman–Crippen LogP) is 8.55. The smallest absolute Gasteiger partial charge is 0.144 e. The van der Waals surface area contributed by atoms with Gasteiger partial charge in [0, 0.05) is 34.4 Å². The van der Waals surface area contributed by atoms with E-state index in [1.165, 1.54) is 44.2 Å². The van der Waals surface area contributed by atoms with Gasteiger partial charge in [-0.25, -0.2) is 4.98 Å². The number of fused-ring (bicyclic) bond motifs is 3. The summed E-state index contributed by atoms with van der Waals surface area (Å²) < 4.78 is 4.58. The summed E-state index contributed by atoms with van der Waals surface area (Å²) in [6.45, 7) is 11.2. The van der Waals surface area contributed by atoms with Crippen molar-refractivity contribution in [2.75, 3.05) is 0 Å². The van der Waals surface area contributed by atoms with Crippen LogP contribution in [0.4, 0.5) is 0 Å². The number of hydrogen-bond donors (Lipinski definition) is 0. The molecule has 0 bridgehead atoms. The van der Waals surface area contributed by atoms with Crippen molar-refractivity contribution in [2.45, 2.75) is 40.0 Å². The van der Waals surface area contributed by atoms with Crippen molar-refractivity contribution >= 4 is 21.8 Å². The Kier molecular flexibility index (Phi) is 5.11. The number of nitrogens with zero attached hydrogens (tertiary/aromatic N) is 3. The Labute approximate surface area is 212 Å². The van der Waals surface area contributed by atoms with E-state index in [1.807, 2.05) is 6.20 Å². The SMILES string of the molecule is Cc1cc(C(C)(C)C)cc(C)c1-n1ccnc1-c1ccc(-n2c3ccccc3c3ccccc32)cc1. The largest absolute Gasteiger partial charge is 0.309 e. The van der Waals surface area contributed by atoms with E-state index in [0.29, 0.717) is 0 Å². The Morgan fingerprint density at radius 3 is 1.81 bits per heavy atom. The average Bonchev–Trinajstić information content (AvgIpc) is 3.46. The van der Waals surface area contributed by atoms with E-state index >= 15 is 0 Å². The highest BCUT2D eigenvalue weighted by Gasteiger charge is 2.19. The summed E-state index contributed by atoms with van der Waals surface area (Å²) in [5.74, 6) is 0.957. The predicted molar refractivity (Wildman–Crippen MR) is 152 cm³/mol. The van der Waals surface area contributed by atoms with Crippen molar-refractivity contribution in [1.82, 2.24) is 14.1 Å². The molecule has 178 valence electrons. The molecule has 0 N–H and O–H groups in total. The first kappa shape index (κ1) is 22.4. The van der Waals surface area contributed by atoms with E-state index in [2.05, 4.69) is 135 Å². The molecule has 4 aromatic carbocycles. The summed E-state index contributed by atoms with van der Waals surface area (Å²) in [6, 6.07) is 30.7. The molecule has 0 spiro atoms. The minimum absolute atomic E-state index is 0.120. The molecule has 2 aromatic heterocycles. The third-order valence-electron chi connectivity index (χ3n) is 7.20. The molecule has 0 radical (unpaired) electrons. The Bertz CT molecular complexity index is 1650. The van der Waals surface area contributed by atoms with Gasteiger partial charge in [0.05, 0.1) is 16.7 Å². The third kappa shape index (κ3) is 3.54. The molecule has 0 saturated carbocycles. The zero-order chi connectivity index (χ0) is 25.0. The Balaban J connectivity index is 1.45. The van der Waals surface area contributed by atoms with Crippen molar-refractivity contribution in [2.24, 2.45) is 0 Å². The van der Waals surface area contributed by atoms with Gasteiger partial charge >= 0.3 is 0 Å². The van der Waals surface area contributed by atoms with Gasteiger partial charge in [-0.1, -0.05) is 69.3 Å². The number of hydrogen-bond acceptors (Lipinski definition) is 1. The molecular formula is C33H31N3. The van der Waals surface area contributed by atoms with Gasteiger partial charge in [-0.3, -0.25) is 4.57 Å². The third-order valence-corrected chi connectivity index (χ3v) is 7.20. The maximum absolute atomic E-state index is 4.76. The van der Waals surface area contributed by atoms with Gasteiger partial charge in [-0.15, -0.1) is 0 Å². The van der Waals surface area contributed by atoms with Crippen LogP contribution in [0.3, 0.4) is 0 Å². The Morgan fingerprint density at radius 2 is 1.25 bits per heavy atom. The van der Waals surface area contributed by atoms with E-state index < -0.39 is 0 Å². The van der Waals surface area contributed by atoms with Gasteiger partial charge in [-0.05, 0) is 72.4 Å². The maximum Gasteiger partial charge on any atom is 0.144 e. The normalized spacial score (nSPS) is 12.0. The molecule has 36 heavy (non-hydrogen) atoms. The van der Waals surface area contributed by atoms with Gasteiger partial charge in [0.1, 0.15) is 5.82 Å². The molecular weight excluding hydrogens is 438 g/mol. The fourth-order valence-electron chi connectivity index (χ4n) is 5.43. The lowest BCUT2D eigenvalue weighted by Gasteiger charge is -2.23. The lowest BCUT2D eigenvalue weighted by atomic mass is 9.84. The van der Waals surface area contributed by atoms with E-state index in [4.69, 9.17) is 4.98 Å². The fraction of sp³-hybridized carbons (Fsp3) is 0.182. The van der Waals surface area contributed by atoms with E-state index in [0.717, 1.165) is 17.1 Å². The van der Waals surface area contributed by atoms with Gasteiger partial charge in [0.15, 0.2) is 0 Å². The van der Waals surface area contributed by atoms with Crippen LogP contribution in [0.2, 0.25) is 0 Å². The summed E-state index contributed by atoms with van der Waals surface area (Å²) in [6.07, 6.45) is 3.97. The number of aryl methyl sites for hydroxylation is 2. The summed E-state index contributed by atoms with van der Waals surface area (Å²) in [5, 5.41) is 2.55. The average molecular weight is 470 g/mol. The number of imidazole rings is 1. The molecule has 0 saturated heterocycles. The topological polar surface area (TPSA) is 22.8 Å². The zero-order valence-electron chi connectivity index (χ0n) is 21.6. The first-order valence-electron chi connectivity index (χ1n) is 12.6. The Morgan fingerprint density at radius 1 is 0.694 bits per heavy atom. The molecule has 3 heteroatoms. The summed E-state index contributed by atoms with van der Waals surface area (Å²) in [4.78, 5) is 4.76. The standard InChI is InChI=1S/C33H31N3/c1-22-20-25(33(3,4)5)21-23(2)31(22)35-19-18-34-32(35)24-14-16-26(17-15-24)36-29-12-8-6-10-27(29)28-11-7-9-13-30(28)36/h6-21H,1-5H3. The van der Waals surface area contributed by atoms with Crippen molar-refractivity contribution in [1.29, 1.82) is 0 Å². The van der Waals surface area contributed by atoms with Crippen LogP contribution in [0.15, 0.2) is 97.3 Å². The first-order chi connectivity index (χ1) is 17.3. The molecule has 0 unspecified atom stereocenters. The van der Waals surface area contributed by atoms with Crippen LogP contribution in [0.1, 0.15) is 37.5 Å². The highest BCUT2D eigenvalue weighted by Crippen LogP contribution is 2.34. The lowest BCUT2D eigenvalue weighted by molar-refractivity contribution is 0.589. The molecule has 0 aliphatic heterocycles. The summed E-state index contributed by atoms with van der Waals surface area (Å²) in [5.41, 5.74) is 9.91. The maximum atomic E-state index is 4.76. The first-order valence-corrected chi connectivity index (χ1v) is 12.6. The summed E-state index contributed by atoms with van der Waals surface area (Å²) >= 11 is 0. The van der Waals surface area contributed by atoms with Crippen LogP contribution < -0.4 is 0 Å². The van der Waals surface area contributed by atoms with Crippen molar-refractivity contribution in [3.05, 3.63) is 114 Å². The van der Waals surface area contributed by atoms with Gasteiger partial charge in [0.25, 0.3) is 0 Å². The molecule has 0 amide bonds. The van der Waals surface area contributed by atoms with Crippen molar-refractivity contribution in [3.8, 4) is 22.8 Å². The molecule has 2 heterocycles. The minimum Gasteiger partial charge on any atom is -0.309 e. The molecule has 0 aliphatic rings. The van der Waals surface area contributed by atoms with E-state index in [1.54, 1.807) is 0 Å². The second-order valence-electron chi connectivity index (χ2n) is 10.7. The second kappa shape index (κ2) is 8.23. The van der Waals surface area contributed by atoms with Gasteiger partial charge < -0.3 is 4.57 Å². The van der Waals surface area contributed by atoms with Crippen LogP contribution in [0.25, 0.3) is 44.6 Å². The fourth-order valence-corrected chi connectivity index (χ4v) is 5.43. The summed E-state index contributed by atoms with van der Waals surface area (Å²) in [7, 11) is 0. The zero-order valence-corrected chi connectivity index (χ0v) is 21.6. The van der Waals surface area contributed by atoms with Crippen molar-refractivity contribution in [3.63, 3.8) is 0 Å². The van der Waals surface area contributed by atoms with Crippen LogP contribution in [-0.4, -0.2) is 14.1 Å². The second-order valence-corrected chi connectivity index (χ2v) is 10.7. The molecule has 6 rings (SSSR count). The number of para-hydroxylation sites is 2. The van der Waals surface area contributed by atoms with Crippen LogP contribution >= 0.6 is 0 Å². The quantitative estimate of drug-likeness (QED) is 0.255. The van der Waals surface area contributed by atoms with E-state index in [9.17, 15) is 0 Å². The molecule has 3 nitrogen and oxygen atoms in total. The number of rotatable bonds is 3. The van der Waals surface area contributed by atoms with Crippen LogP contribution in [0, 0.1) is 13.8 Å². The van der Waals surface area contributed by atoms with Gasteiger partial charge in [0.2, 0.25) is 0 Å². The molecule has 6 aromatic rings. The monoisotopic (exact) mass is 469 g/mol. The molecule has 0 atom stereocenters. The minimum atomic E-state index is 0.120. The van der Waals surface area contributed by atoms with Gasteiger partial charge in [-0.2, -0.15) is 0 Å². The van der Waals surface area contributed by atoms with Crippen LogP contribution in [0.5, 0.6) is 0 Å². The highest BCUT2D eigenvalue weighted by molar-refractivity contribution is 6.09. The molecule has 0 fully saturated rings. The van der Waals surface area contributed by atoms with Crippen molar-refractivity contribution < 1.29 is 0 Å². The van der Waals surface area contributed by atoms with E-state index in [-0.39, 0.29) is 5.41 Å². The number of benzene rings is 4. The lowest BCUT2D eigenvalue weighted by Crippen LogP contribution is -2.13. The Hall–Kier alpha value is -4.11. The highest BCUT2D eigenvalue weighted by atomic mass is 15.1.